The molecule has 0 saturated heterocycles. The van der Waals surface area contributed by atoms with Crippen molar-refractivity contribution >= 4 is 5.96 Å². The van der Waals surface area contributed by atoms with Crippen molar-refractivity contribution in [3.05, 3.63) is 0 Å². The summed E-state index contributed by atoms with van der Waals surface area (Å²) < 4.78 is 5.37. The Morgan fingerprint density at radius 2 is 2.08 bits per heavy atom. The van der Waals surface area contributed by atoms with Crippen molar-refractivity contribution in [3.8, 4) is 0 Å². The van der Waals surface area contributed by atoms with Crippen LogP contribution in [0.3, 0.4) is 0 Å². The van der Waals surface area contributed by atoms with Crippen LogP contribution in [0.2, 0.25) is 0 Å². The predicted octanol–water partition coefficient (Wildman–Crippen LogP) is 0.727. The molecule has 0 radical (unpaired) electrons. The number of nitrogens with zero attached hydrogens (tertiary/aromatic N) is 1. The molecule has 0 aromatic carbocycles. The van der Waals surface area contributed by atoms with Crippen LogP contribution in [0.15, 0.2) is 4.99 Å². The molecule has 0 aromatic rings. The lowest BCUT2D eigenvalue weighted by Crippen LogP contribution is -2.32. The van der Waals surface area contributed by atoms with Crippen LogP contribution in [-0.4, -0.2) is 32.8 Å². The number of rotatable bonds is 7. The molecule has 0 aliphatic carbocycles. The van der Waals surface area contributed by atoms with Gasteiger partial charge in [-0.2, -0.15) is 0 Å². The van der Waals surface area contributed by atoms with Gasteiger partial charge in [0, 0.05) is 26.8 Å². The SMILES string of the molecule is CCCCOCCCNC(N)=NC. The monoisotopic (exact) mass is 187 g/mol. The van der Waals surface area contributed by atoms with E-state index in [9.17, 15) is 0 Å². The highest BCUT2D eigenvalue weighted by molar-refractivity contribution is 5.77. The minimum atomic E-state index is 0.494. The average molecular weight is 187 g/mol. The van der Waals surface area contributed by atoms with Gasteiger partial charge in [-0.05, 0) is 12.8 Å². The number of hydrogen-bond acceptors (Lipinski definition) is 2. The maximum Gasteiger partial charge on any atom is 0.188 e. The summed E-state index contributed by atoms with van der Waals surface area (Å²) in [6, 6.07) is 0. The zero-order chi connectivity index (χ0) is 9.94. The Morgan fingerprint density at radius 3 is 2.69 bits per heavy atom. The molecule has 0 bridgehead atoms. The molecular formula is C9H21N3O. The fraction of sp³-hybridized carbons (Fsp3) is 0.889. The fourth-order valence-corrected chi connectivity index (χ4v) is 0.818. The average Bonchev–Trinajstić information content (AvgIpc) is 2.16. The predicted molar refractivity (Wildman–Crippen MR) is 55.9 cm³/mol. The van der Waals surface area contributed by atoms with Crippen molar-refractivity contribution in [3.63, 3.8) is 0 Å². The smallest absolute Gasteiger partial charge is 0.188 e. The van der Waals surface area contributed by atoms with E-state index in [0.29, 0.717) is 5.96 Å². The molecule has 0 spiro atoms. The van der Waals surface area contributed by atoms with E-state index in [4.69, 9.17) is 10.5 Å². The van der Waals surface area contributed by atoms with E-state index in [1.807, 2.05) is 0 Å². The third kappa shape index (κ3) is 9.14. The molecule has 0 unspecified atom stereocenters. The molecule has 0 heterocycles. The first-order chi connectivity index (χ1) is 6.31. The quantitative estimate of drug-likeness (QED) is 0.351. The van der Waals surface area contributed by atoms with Gasteiger partial charge >= 0.3 is 0 Å². The summed E-state index contributed by atoms with van der Waals surface area (Å²) in [4.78, 5) is 3.78. The number of nitrogens with one attached hydrogen (secondary N) is 1. The summed E-state index contributed by atoms with van der Waals surface area (Å²) >= 11 is 0. The summed E-state index contributed by atoms with van der Waals surface area (Å²) in [6.07, 6.45) is 3.31. The van der Waals surface area contributed by atoms with Crippen molar-refractivity contribution in [2.75, 3.05) is 26.8 Å². The number of ether oxygens (including phenoxy) is 1. The zero-order valence-electron chi connectivity index (χ0n) is 8.68. The van der Waals surface area contributed by atoms with Gasteiger partial charge < -0.3 is 15.8 Å². The lowest BCUT2D eigenvalue weighted by molar-refractivity contribution is 0.129. The molecule has 0 saturated carbocycles. The van der Waals surface area contributed by atoms with Gasteiger partial charge in [0.15, 0.2) is 5.96 Å². The summed E-state index contributed by atoms with van der Waals surface area (Å²) in [7, 11) is 1.67. The van der Waals surface area contributed by atoms with Crippen LogP contribution in [0.1, 0.15) is 26.2 Å². The second-order valence-electron chi connectivity index (χ2n) is 2.86. The van der Waals surface area contributed by atoms with Gasteiger partial charge in [0.25, 0.3) is 0 Å². The number of nitrogens with two attached hydrogens (primary N) is 1. The van der Waals surface area contributed by atoms with Crippen LogP contribution < -0.4 is 11.1 Å². The number of aliphatic imine (C=N–C) groups is 1. The first kappa shape index (κ1) is 12.2. The molecule has 0 rings (SSSR count). The molecule has 4 heteroatoms. The van der Waals surface area contributed by atoms with Crippen molar-refractivity contribution in [2.24, 2.45) is 10.7 Å². The molecule has 3 N–H and O–H groups in total. The normalized spacial score (nSPS) is 11.7. The molecule has 0 aliphatic rings. The first-order valence-corrected chi connectivity index (χ1v) is 4.85. The molecule has 0 aliphatic heterocycles. The molecule has 4 nitrogen and oxygen atoms in total. The summed E-state index contributed by atoms with van der Waals surface area (Å²) in [5, 5.41) is 2.97. The topological polar surface area (TPSA) is 59.6 Å². The highest BCUT2D eigenvalue weighted by Crippen LogP contribution is 1.88. The van der Waals surface area contributed by atoms with Crippen LogP contribution in [-0.2, 0) is 4.74 Å². The largest absolute Gasteiger partial charge is 0.381 e. The van der Waals surface area contributed by atoms with Gasteiger partial charge in [0.2, 0.25) is 0 Å². The molecule has 0 fully saturated rings. The second-order valence-corrected chi connectivity index (χ2v) is 2.86. The van der Waals surface area contributed by atoms with Crippen LogP contribution >= 0.6 is 0 Å². The van der Waals surface area contributed by atoms with Crippen molar-refractivity contribution < 1.29 is 4.74 Å². The molecule has 0 atom stereocenters. The van der Waals surface area contributed by atoms with Crippen LogP contribution in [0, 0.1) is 0 Å². The Hall–Kier alpha value is -0.770. The van der Waals surface area contributed by atoms with Crippen molar-refractivity contribution in [1.29, 1.82) is 0 Å². The van der Waals surface area contributed by atoms with Gasteiger partial charge in [0.1, 0.15) is 0 Å². The minimum absolute atomic E-state index is 0.494. The van der Waals surface area contributed by atoms with E-state index in [2.05, 4.69) is 17.2 Å². The van der Waals surface area contributed by atoms with Gasteiger partial charge in [0.05, 0.1) is 0 Å². The zero-order valence-corrected chi connectivity index (χ0v) is 8.68. The molecule has 0 aromatic heterocycles. The van der Waals surface area contributed by atoms with Crippen LogP contribution in [0.25, 0.3) is 0 Å². The lowest BCUT2D eigenvalue weighted by Gasteiger charge is -2.05. The summed E-state index contributed by atoms with van der Waals surface area (Å²) in [5.74, 6) is 0.494. The fourth-order valence-electron chi connectivity index (χ4n) is 0.818. The second kappa shape index (κ2) is 9.32. The molecular weight excluding hydrogens is 166 g/mol. The van der Waals surface area contributed by atoms with Crippen molar-refractivity contribution in [1.82, 2.24) is 5.32 Å². The Kier molecular flexibility index (Phi) is 8.77. The Balaban J connectivity index is 3.00. The maximum atomic E-state index is 5.43. The molecule has 13 heavy (non-hydrogen) atoms. The number of hydrogen-bond donors (Lipinski definition) is 2. The minimum Gasteiger partial charge on any atom is -0.381 e. The Labute approximate surface area is 80.6 Å². The molecule has 78 valence electrons. The maximum absolute atomic E-state index is 5.43. The van der Waals surface area contributed by atoms with Crippen molar-refractivity contribution in [2.45, 2.75) is 26.2 Å². The Morgan fingerprint density at radius 1 is 1.38 bits per heavy atom. The number of unbranched alkanes of at least 4 members (excludes halogenated alkanes) is 1. The molecule has 0 amide bonds. The van der Waals surface area contributed by atoms with Gasteiger partial charge in [-0.25, -0.2) is 0 Å². The highest BCUT2D eigenvalue weighted by atomic mass is 16.5. The highest BCUT2D eigenvalue weighted by Gasteiger charge is 1.90. The number of guanidine groups is 1. The van der Waals surface area contributed by atoms with Gasteiger partial charge in [-0.3, -0.25) is 4.99 Å². The van der Waals surface area contributed by atoms with E-state index in [-0.39, 0.29) is 0 Å². The van der Waals surface area contributed by atoms with Gasteiger partial charge in [-0.1, -0.05) is 13.3 Å². The standard InChI is InChI=1S/C9H21N3O/c1-3-4-7-13-8-5-6-12-9(10)11-2/h3-8H2,1-2H3,(H3,10,11,12). The lowest BCUT2D eigenvalue weighted by atomic mass is 10.4. The summed E-state index contributed by atoms with van der Waals surface area (Å²) in [5.41, 5.74) is 5.43. The van der Waals surface area contributed by atoms with E-state index in [1.54, 1.807) is 7.05 Å². The van der Waals surface area contributed by atoms with E-state index in [0.717, 1.165) is 32.6 Å². The third-order valence-electron chi connectivity index (χ3n) is 1.65. The van der Waals surface area contributed by atoms with Crippen LogP contribution in [0.5, 0.6) is 0 Å². The van der Waals surface area contributed by atoms with E-state index in [1.165, 1.54) is 6.42 Å². The Bertz CT molecular complexity index is 137. The van der Waals surface area contributed by atoms with Gasteiger partial charge in [-0.15, -0.1) is 0 Å². The third-order valence-corrected chi connectivity index (χ3v) is 1.65. The first-order valence-electron chi connectivity index (χ1n) is 4.85. The van der Waals surface area contributed by atoms with Crippen LogP contribution in [0.4, 0.5) is 0 Å². The summed E-state index contributed by atoms with van der Waals surface area (Å²) in [6.45, 7) is 4.65. The van der Waals surface area contributed by atoms with E-state index >= 15 is 0 Å². The van der Waals surface area contributed by atoms with E-state index < -0.39 is 0 Å².